The van der Waals surface area contributed by atoms with E-state index in [1.165, 1.54) is 0 Å². The van der Waals surface area contributed by atoms with Crippen LogP contribution in [0.1, 0.15) is 25.5 Å². The van der Waals surface area contributed by atoms with Crippen molar-refractivity contribution in [3.8, 4) is 0 Å². The van der Waals surface area contributed by atoms with Gasteiger partial charge in [0.1, 0.15) is 0 Å². The van der Waals surface area contributed by atoms with Crippen LogP contribution in [0.25, 0.3) is 0 Å². The van der Waals surface area contributed by atoms with E-state index in [1.54, 1.807) is 0 Å². The lowest BCUT2D eigenvalue weighted by atomic mass is 9.94. The maximum atomic E-state index is 9.62. The van der Waals surface area contributed by atoms with Crippen LogP contribution in [0, 0.1) is 5.41 Å². The minimum Gasteiger partial charge on any atom is -0.393 e. The molecule has 1 heterocycles. The van der Waals surface area contributed by atoms with E-state index in [1.807, 2.05) is 25.3 Å². The predicted molar refractivity (Wildman–Crippen MR) is 59.0 cm³/mol. The summed E-state index contributed by atoms with van der Waals surface area (Å²) in [6.07, 6.45) is 4.75. The third kappa shape index (κ3) is 1.98. The molecule has 1 saturated carbocycles. The third-order valence-corrected chi connectivity index (χ3v) is 3.57. The summed E-state index contributed by atoms with van der Waals surface area (Å²) in [5.74, 6) is 0. The monoisotopic (exact) mass is 255 g/mol. The number of halogens is 1. The Labute approximate surface area is 92.5 Å². The minimum atomic E-state index is -0.215. The average molecular weight is 256 g/mol. The van der Waals surface area contributed by atoms with Crippen molar-refractivity contribution in [1.29, 1.82) is 0 Å². The topological polar surface area (TPSA) is 33.1 Å². The lowest BCUT2D eigenvalue weighted by molar-refractivity contribution is 0.110. The molecule has 0 radical (unpaired) electrons. The van der Waals surface area contributed by atoms with Crippen LogP contribution in [0.15, 0.2) is 22.8 Å². The van der Waals surface area contributed by atoms with E-state index in [-0.39, 0.29) is 11.5 Å². The van der Waals surface area contributed by atoms with Gasteiger partial charge in [-0.25, -0.2) is 0 Å². The van der Waals surface area contributed by atoms with Crippen LogP contribution in [0.3, 0.4) is 0 Å². The Morgan fingerprint density at radius 3 is 2.71 bits per heavy atom. The Hall–Kier alpha value is -0.410. The Morgan fingerprint density at radius 1 is 1.57 bits per heavy atom. The molecule has 76 valence electrons. The second kappa shape index (κ2) is 3.63. The highest BCUT2D eigenvalue weighted by Gasteiger charge is 2.46. The van der Waals surface area contributed by atoms with Gasteiger partial charge < -0.3 is 5.11 Å². The molecular weight excluding hydrogens is 242 g/mol. The summed E-state index contributed by atoms with van der Waals surface area (Å²) in [7, 11) is 0. The van der Waals surface area contributed by atoms with Crippen LogP contribution in [-0.4, -0.2) is 16.2 Å². The first-order chi connectivity index (χ1) is 6.62. The number of hydrogen-bond donors (Lipinski definition) is 1. The van der Waals surface area contributed by atoms with Crippen LogP contribution in [0.4, 0.5) is 0 Å². The van der Waals surface area contributed by atoms with Crippen LogP contribution in [-0.2, 0) is 6.42 Å². The van der Waals surface area contributed by atoms with E-state index in [0.717, 1.165) is 29.4 Å². The van der Waals surface area contributed by atoms with Gasteiger partial charge in [-0.1, -0.05) is 0 Å². The van der Waals surface area contributed by atoms with Crippen LogP contribution < -0.4 is 0 Å². The van der Waals surface area contributed by atoms with E-state index in [2.05, 4.69) is 20.9 Å². The van der Waals surface area contributed by atoms with E-state index in [4.69, 9.17) is 0 Å². The molecule has 1 aromatic rings. The molecular formula is C11H14BrNO. The number of aliphatic hydroxyl groups excluding tert-OH is 1. The van der Waals surface area contributed by atoms with Crippen molar-refractivity contribution in [1.82, 2.24) is 4.98 Å². The normalized spacial score (nSPS) is 20.5. The van der Waals surface area contributed by atoms with E-state index < -0.39 is 0 Å². The molecule has 1 aliphatic carbocycles. The maximum absolute atomic E-state index is 9.62. The van der Waals surface area contributed by atoms with Gasteiger partial charge in [-0.15, -0.1) is 0 Å². The Bertz CT molecular complexity index is 317. The van der Waals surface area contributed by atoms with Crippen molar-refractivity contribution < 1.29 is 5.11 Å². The van der Waals surface area contributed by atoms with Gasteiger partial charge in [0, 0.05) is 21.8 Å². The fourth-order valence-electron chi connectivity index (χ4n) is 1.77. The first-order valence-corrected chi connectivity index (χ1v) is 5.70. The van der Waals surface area contributed by atoms with Crippen molar-refractivity contribution in [2.75, 3.05) is 0 Å². The van der Waals surface area contributed by atoms with Gasteiger partial charge in [0.15, 0.2) is 0 Å². The lowest BCUT2D eigenvalue weighted by Gasteiger charge is -2.17. The molecule has 0 aliphatic heterocycles. The Balaban J connectivity index is 2.08. The van der Waals surface area contributed by atoms with Gasteiger partial charge in [-0.2, -0.15) is 0 Å². The van der Waals surface area contributed by atoms with Gasteiger partial charge >= 0.3 is 0 Å². The predicted octanol–water partition coefficient (Wildman–Crippen LogP) is 2.55. The Kier molecular flexibility index (Phi) is 2.62. The van der Waals surface area contributed by atoms with Gasteiger partial charge in [0.2, 0.25) is 0 Å². The zero-order valence-electron chi connectivity index (χ0n) is 8.20. The second-order valence-corrected chi connectivity index (χ2v) is 5.10. The first kappa shape index (κ1) is 10.1. The Morgan fingerprint density at radius 2 is 2.29 bits per heavy atom. The molecule has 14 heavy (non-hydrogen) atoms. The summed E-state index contributed by atoms with van der Waals surface area (Å²) in [4.78, 5) is 4.33. The summed E-state index contributed by atoms with van der Waals surface area (Å²) in [5.41, 5.74) is 1.20. The first-order valence-electron chi connectivity index (χ1n) is 4.91. The summed E-state index contributed by atoms with van der Waals surface area (Å²) < 4.78 is 1.00. The molecule has 0 saturated heterocycles. The maximum Gasteiger partial charge on any atom is 0.0572 e. The van der Waals surface area contributed by atoms with E-state index >= 15 is 0 Å². The van der Waals surface area contributed by atoms with Gasteiger partial charge in [0.05, 0.1) is 6.10 Å². The van der Waals surface area contributed by atoms with Crippen LogP contribution in [0.5, 0.6) is 0 Å². The number of rotatable bonds is 3. The molecule has 0 bridgehead atoms. The fraction of sp³-hybridized carbons (Fsp3) is 0.545. The van der Waals surface area contributed by atoms with Crippen LogP contribution in [0.2, 0.25) is 0 Å². The highest BCUT2D eigenvalue weighted by Crippen LogP contribution is 2.50. The highest BCUT2D eigenvalue weighted by atomic mass is 79.9. The molecule has 1 atom stereocenters. The summed E-state index contributed by atoms with van der Waals surface area (Å²) in [5, 5.41) is 9.62. The SMILES string of the molecule is CC(O)C1(Cc2ccc(Br)cn2)CC1. The molecule has 0 spiro atoms. The zero-order chi connectivity index (χ0) is 10.2. The quantitative estimate of drug-likeness (QED) is 0.901. The van der Waals surface area contributed by atoms with Crippen molar-refractivity contribution >= 4 is 15.9 Å². The van der Waals surface area contributed by atoms with Crippen molar-refractivity contribution in [2.45, 2.75) is 32.3 Å². The standard InChI is InChI=1S/C11H14BrNO/c1-8(14)11(4-5-11)6-10-3-2-9(12)7-13-10/h2-3,7-8,14H,4-6H2,1H3. The summed E-state index contributed by atoms with van der Waals surface area (Å²) >= 11 is 3.36. The number of nitrogens with zero attached hydrogens (tertiary/aromatic N) is 1. The molecule has 1 aromatic heterocycles. The molecule has 1 unspecified atom stereocenters. The smallest absolute Gasteiger partial charge is 0.0572 e. The van der Waals surface area contributed by atoms with Crippen molar-refractivity contribution in [3.63, 3.8) is 0 Å². The van der Waals surface area contributed by atoms with Crippen molar-refractivity contribution in [3.05, 3.63) is 28.5 Å². The molecule has 1 N–H and O–H groups in total. The molecule has 0 amide bonds. The van der Waals surface area contributed by atoms with Gasteiger partial charge in [0.25, 0.3) is 0 Å². The zero-order valence-corrected chi connectivity index (χ0v) is 9.79. The second-order valence-electron chi connectivity index (χ2n) is 4.18. The lowest BCUT2D eigenvalue weighted by Crippen LogP contribution is -2.21. The third-order valence-electron chi connectivity index (χ3n) is 3.10. The molecule has 3 heteroatoms. The molecule has 2 nitrogen and oxygen atoms in total. The largest absolute Gasteiger partial charge is 0.393 e. The number of hydrogen-bond acceptors (Lipinski definition) is 2. The van der Waals surface area contributed by atoms with E-state index in [9.17, 15) is 5.11 Å². The fourth-order valence-corrected chi connectivity index (χ4v) is 2.01. The molecule has 1 fully saturated rings. The highest BCUT2D eigenvalue weighted by molar-refractivity contribution is 9.10. The van der Waals surface area contributed by atoms with Crippen molar-refractivity contribution in [2.24, 2.45) is 5.41 Å². The van der Waals surface area contributed by atoms with E-state index in [0.29, 0.717) is 0 Å². The summed E-state index contributed by atoms with van der Waals surface area (Å²) in [6.45, 7) is 1.88. The van der Waals surface area contributed by atoms with Crippen LogP contribution >= 0.6 is 15.9 Å². The number of pyridine rings is 1. The minimum absolute atomic E-state index is 0.126. The number of aliphatic hydroxyl groups is 1. The molecule has 1 aliphatic rings. The summed E-state index contributed by atoms with van der Waals surface area (Å²) in [6, 6.07) is 4.02. The molecule has 0 aromatic carbocycles. The van der Waals surface area contributed by atoms with Gasteiger partial charge in [-0.05, 0) is 54.2 Å². The molecule has 2 rings (SSSR count). The average Bonchev–Trinajstić information content (AvgIpc) is 2.90. The van der Waals surface area contributed by atoms with Gasteiger partial charge in [-0.3, -0.25) is 4.98 Å². The number of aromatic nitrogens is 1.